The topological polar surface area (TPSA) is 38.9 Å². The Bertz CT molecular complexity index is 174. The maximum atomic E-state index is 5.31. The summed E-state index contributed by atoms with van der Waals surface area (Å²) >= 11 is 4.64. The van der Waals surface area contributed by atoms with Crippen LogP contribution < -0.4 is 5.73 Å². The van der Waals surface area contributed by atoms with Gasteiger partial charge in [-0.1, -0.05) is 0 Å². The van der Waals surface area contributed by atoms with Crippen LogP contribution in [0.25, 0.3) is 0 Å². The molecule has 0 radical (unpaired) electrons. The normalized spacial score (nSPS) is 9.75. The van der Waals surface area contributed by atoms with Crippen LogP contribution in [-0.4, -0.2) is 4.37 Å². The standard InChI is InChI=1S/C4H5BrN2S/c5-4-1-3(2-6)8-7-4/h1H,2,6H2. The van der Waals surface area contributed by atoms with Crippen molar-refractivity contribution in [3.8, 4) is 0 Å². The Kier molecular flexibility index (Phi) is 1.99. The molecule has 2 N–H and O–H groups in total. The molecule has 44 valence electrons. The molecule has 0 aliphatic heterocycles. The van der Waals surface area contributed by atoms with Crippen molar-refractivity contribution >= 4 is 27.5 Å². The Morgan fingerprint density at radius 1 is 1.88 bits per heavy atom. The maximum absolute atomic E-state index is 5.31. The minimum Gasteiger partial charge on any atom is -0.326 e. The summed E-state index contributed by atoms with van der Waals surface area (Å²) < 4.78 is 4.84. The zero-order valence-electron chi connectivity index (χ0n) is 4.10. The molecule has 0 saturated carbocycles. The summed E-state index contributed by atoms with van der Waals surface area (Å²) in [7, 11) is 0. The van der Waals surface area contributed by atoms with Crippen molar-refractivity contribution < 1.29 is 0 Å². The van der Waals surface area contributed by atoms with E-state index in [0.29, 0.717) is 6.54 Å². The van der Waals surface area contributed by atoms with E-state index >= 15 is 0 Å². The highest BCUT2D eigenvalue weighted by Gasteiger charge is 1.93. The fourth-order valence-electron chi connectivity index (χ4n) is 0.384. The predicted octanol–water partition coefficient (Wildman–Crippen LogP) is 1.36. The van der Waals surface area contributed by atoms with Crippen LogP contribution in [0.15, 0.2) is 10.7 Å². The van der Waals surface area contributed by atoms with Gasteiger partial charge in [0.25, 0.3) is 0 Å². The number of nitrogens with two attached hydrogens (primary N) is 1. The van der Waals surface area contributed by atoms with Crippen LogP contribution in [0.2, 0.25) is 0 Å². The SMILES string of the molecule is NCc1cc(Br)ns1. The highest BCUT2D eigenvalue weighted by atomic mass is 79.9. The van der Waals surface area contributed by atoms with Gasteiger partial charge in [-0.2, -0.15) is 4.37 Å². The fourth-order valence-corrected chi connectivity index (χ4v) is 1.53. The van der Waals surface area contributed by atoms with Crippen LogP contribution in [0.4, 0.5) is 0 Å². The third kappa shape index (κ3) is 1.27. The molecule has 0 aromatic carbocycles. The van der Waals surface area contributed by atoms with Gasteiger partial charge in [-0.15, -0.1) is 0 Å². The summed E-state index contributed by atoms with van der Waals surface area (Å²) in [6.45, 7) is 0.587. The van der Waals surface area contributed by atoms with Crippen molar-refractivity contribution in [2.45, 2.75) is 6.54 Å². The van der Waals surface area contributed by atoms with E-state index in [2.05, 4.69) is 20.3 Å². The molecule has 1 rings (SSSR count). The minimum absolute atomic E-state index is 0.587. The molecule has 0 saturated heterocycles. The monoisotopic (exact) mass is 192 g/mol. The van der Waals surface area contributed by atoms with Gasteiger partial charge in [0.1, 0.15) is 4.60 Å². The molecular weight excluding hydrogens is 188 g/mol. The number of hydrogen-bond acceptors (Lipinski definition) is 3. The third-order valence-electron chi connectivity index (χ3n) is 0.731. The van der Waals surface area contributed by atoms with Gasteiger partial charge >= 0.3 is 0 Å². The van der Waals surface area contributed by atoms with Gasteiger partial charge in [-0.3, -0.25) is 0 Å². The summed E-state index contributed by atoms with van der Waals surface area (Å²) in [5.74, 6) is 0. The van der Waals surface area contributed by atoms with Gasteiger partial charge in [0.05, 0.1) is 0 Å². The van der Waals surface area contributed by atoms with E-state index in [-0.39, 0.29) is 0 Å². The molecule has 0 amide bonds. The lowest BCUT2D eigenvalue weighted by atomic mass is 10.5. The van der Waals surface area contributed by atoms with Crippen molar-refractivity contribution in [2.75, 3.05) is 0 Å². The molecule has 0 spiro atoms. The summed E-state index contributed by atoms with van der Waals surface area (Å²) in [6, 6.07) is 1.92. The Morgan fingerprint density at radius 3 is 2.88 bits per heavy atom. The van der Waals surface area contributed by atoms with Gasteiger partial charge in [0.15, 0.2) is 0 Å². The smallest absolute Gasteiger partial charge is 0.120 e. The summed E-state index contributed by atoms with van der Waals surface area (Å²) in [5, 5.41) is 0. The molecule has 0 fully saturated rings. The molecule has 2 nitrogen and oxygen atoms in total. The molecule has 1 aromatic heterocycles. The Labute approximate surface area is 60.0 Å². The zero-order chi connectivity index (χ0) is 5.98. The molecule has 0 aliphatic carbocycles. The summed E-state index contributed by atoms with van der Waals surface area (Å²) in [4.78, 5) is 1.11. The Balaban J connectivity index is 2.84. The molecule has 1 heterocycles. The van der Waals surface area contributed by atoms with Gasteiger partial charge in [0.2, 0.25) is 0 Å². The average Bonchev–Trinajstić information content (AvgIpc) is 2.14. The first-order valence-electron chi connectivity index (χ1n) is 2.14. The first-order valence-corrected chi connectivity index (χ1v) is 3.70. The van der Waals surface area contributed by atoms with Gasteiger partial charge in [0, 0.05) is 11.4 Å². The first kappa shape index (κ1) is 6.19. The maximum Gasteiger partial charge on any atom is 0.120 e. The molecular formula is C4H5BrN2S. The van der Waals surface area contributed by atoms with Crippen LogP contribution in [0, 0.1) is 0 Å². The molecule has 0 unspecified atom stereocenters. The van der Waals surface area contributed by atoms with E-state index in [4.69, 9.17) is 5.73 Å². The van der Waals surface area contributed by atoms with Crippen molar-refractivity contribution in [3.05, 3.63) is 15.5 Å². The molecule has 0 atom stereocenters. The quantitative estimate of drug-likeness (QED) is 0.731. The van der Waals surface area contributed by atoms with Gasteiger partial charge in [-0.05, 0) is 33.5 Å². The molecule has 4 heteroatoms. The van der Waals surface area contributed by atoms with E-state index in [0.717, 1.165) is 9.48 Å². The summed E-state index contributed by atoms with van der Waals surface area (Å²) in [5.41, 5.74) is 5.31. The number of rotatable bonds is 1. The van der Waals surface area contributed by atoms with Crippen LogP contribution in [-0.2, 0) is 6.54 Å². The number of aromatic nitrogens is 1. The number of halogens is 1. The molecule has 0 bridgehead atoms. The van der Waals surface area contributed by atoms with E-state index in [1.54, 1.807) is 0 Å². The summed E-state index contributed by atoms with van der Waals surface area (Å²) in [6.07, 6.45) is 0. The second kappa shape index (κ2) is 2.57. The second-order valence-corrected chi connectivity index (χ2v) is 3.02. The zero-order valence-corrected chi connectivity index (χ0v) is 6.50. The van der Waals surface area contributed by atoms with Crippen LogP contribution in [0.1, 0.15) is 4.88 Å². The lowest BCUT2D eigenvalue weighted by molar-refractivity contribution is 1.11. The second-order valence-electron chi connectivity index (χ2n) is 1.32. The molecule has 8 heavy (non-hydrogen) atoms. The molecule has 0 aliphatic rings. The third-order valence-corrected chi connectivity index (χ3v) is 2.18. The van der Waals surface area contributed by atoms with E-state index in [9.17, 15) is 0 Å². The van der Waals surface area contributed by atoms with Crippen LogP contribution in [0.5, 0.6) is 0 Å². The predicted molar refractivity (Wildman–Crippen MR) is 37.7 cm³/mol. The van der Waals surface area contributed by atoms with Crippen LogP contribution in [0.3, 0.4) is 0 Å². The highest BCUT2D eigenvalue weighted by Crippen LogP contribution is 2.13. The minimum atomic E-state index is 0.587. The van der Waals surface area contributed by atoms with Crippen molar-refractivity contribution in [1.29, 1.82) is 0 Å². The van der Waals surface area contributed by atoms with Gasteiger partial charge < -0.3 is 5.73 Å². The van der Waals surface area contributed by atoms with E-state index < -0.39 is 0 Å². The van der Waals surface area contributed by atoms with Crippen molar-refractivity contribution in [2.24, 2.45) is 5.73 Å². The van der Waals surface area contributed by atoms with Crippen molar-refractivity contribution in [1.82, 2.24) is 4.37 Å². The van der Waals surface area contributed by atoms with Crippen molar-refractivity contribution in [3.63, 3.8) is 0 Å². The van der Waals surface area contributed by atoms with E-state index in [1.807, 2.05) is 6.07 Å². The lowest BCUT2D eigenvalue weighted by Gasteiger charge is -1.78. The van der Waals surface area contributed by atoms with Gasteiger partial charge in [-0.25, -0.2) is 0 Å². The number of nitrogens with zero attached hydrogens (tertiary/aromatic N) is 1. The lowest BCUT2D eigenvalue weighted by Crippen LogP contribution is -1.91. The largest absolute Gasteiger partial charge is 0.326 e. The molecule has 1 aromatic rings. The Hall–Kier alpha value is 0.0700. The first-order chi connectivity index (χ1) is 3.83. The Morgan fingerprint density at radius 2 is 2.62 bits per heavy atom. The highest BCUT2D eigenvalue weighted by molar-refractivity contribution is 9.10. The van der Waals surface area contributed by atoms with E-state index in [1.165, 1.54) is 11.5 Å². The average molecular weight is 193 g/mol. The number of hydrogen-bond donors (Lipinski definition) is 1. The van der Waals surface area contributed by atoms with Crippen LogP contribution >= 0.6 is 27.5 Å². The fraction of sp³-hybridized carbons (Fsp3) is 0.250.